The summed E-state index contributed by atoms with van der Waals surface area (Å²) in [7, 11) is 0. The number of aromatic nitrogens is 2. The van der Waals surface area contributed by atoms with E-state index in [1.54, 1.807) is 0 Å². The van der Waals surface area contributed by atoms with Crippen LogP contribution in [0, 0.1) is 0 Å². The third-order valence-corrected chi connectivity index (χ3v) is 4.05. The molecule has 2 heterocycles. The van der Waals surface area contributed by atoms with Crippen molar-refractivity contribution < 1.29 is 5.11 Å². The van der Waals surface area contributed by atoms with E-state index in [4.69, 9.17) is 5.73 Å². The van der Waals surface area contributed by atoms with Gasteiger partial charge in [-0.1, -0.05) is 13.8 Å². The van der Waals surface area contributed by atoms with Crippen LogP contribution in [0.1, 0.15) is 26.7 Å². The Morgan fingerprint density at radius 1 is 1.39 bits per heavy atom. The number of nitrogens with two attached hydrogens (primary N) is 1. The van der Waals surface area contributed by atoms with E-state index >= 15 is 0 Å². The zero-order valence-electron chi connectivity index (χ0n) is 10.6. The molecule has 18 heavy (non-hydrogen) atoms. The number of anilines is 2. The molecule has 5 nitrogen and oxygen atoms in total. The Balaban J connectivity index is 2.24. The molecule has 0 atom stereocenters. The average Bonchev–Trinajstić information content (AvgIpc) is 2.83. The topological polar surface area (TPSA) is 84.1 Å². The highest BCUT2D eigenvalue weighted by atomic mass is 32.1. The van der Waals surface area contributed by atoms with E-state index in [2.05, 4.69) is 15.3 Å². The van der Waals surface area contributed by atoms with E-state index in [9.17, 15) is 5.11 Å². The summed E-state index contributed by atoms with van der Waals surface area (Å²) in [5, 5.41) is 16.3. The van der Waals surface area contributed by atoms with Crippen LogP contribution in [0.15, 0.2) is 11.4 Å². The third-order valence-electron chi connectivity index (χ3n) is 3.24. The van der Waals surface area contributed by atoms with Crippen molar-refractivity contribution in [1.82, 2.24) is 9.97 Å². The first kappa shape index (κ1) is 13.0. The van der Waals surface area contributed by atoms with Crippen molar-refractivity contribution >= 4 is 33.3 Å². The van der Waals surface area contributed by atoms with Crippen LogP contribution in [-0.2, 0) is 0 Å². The maximum absolute atomic E-state index is 10.2. The minimum atomic E-state index is -0.706. The van der Waals surface area contributed by atoms with Gasteiger partial charge in [0.25, 0.3) is 0 Å². The smallest absolute Gasteiger partial charge is 0.223 e. The van der Waals surface area contributed by atoms with E-state index < -0.39 is 5.60 Å². The van der Waals surface area contributed by atoms with Crippen LogP contribution in [0.25, 0.3) is 10.2 Å². The Bertz CT molecular complexity index is 536. The minimum Gasteiger partial charge on any atom is -0.388 e. The molecule has 2 aromatic rings. The van der Waals surface area contributed by atoms with Gasteiger partial charge in [-0.05, 0) is 24.3 Å². The maximum atomic E-state index is 10.2. The molecule has 2 rings (SSSR count). The number of fused-ring (bicyclic) bond motifs is 1. The molecule has 0 aliphatic rings. The number of nitrogens with zero attached hydrogens (tertiary/aromatic N) is 2. The SMILES string of the molecule is CCC(O)(CC)CNc1nc(N)nc2sccc12. The highest BCUT2D eigenvalue weighted by Crippen LogP contribution is 2.26. The van der Waals surface area contributed by atoms with Crippen LogP contribution in [0.2, 0.25) is 0 Å². The third kappa shape index (κ3) is 2.54. The molecule has 0 spiro atoms. The molecule has 0 fully saturated rings. The van der Waals surface area contributed by atoms with Gasteiger partial charge in [0.15, 0.2) is 0 Å². The zero-order chi connectivity index (χ0) is 13.2. The summed E-state index contributed by atoms with van der Waals surface area (Å²) in [5.74, 6) is 0.947. The lowest BCUT2D eigenvalue weighted by Crippen LogP contribution is -2.35. The fourth-order valence-corrected chi connectivity index (χ4v) is 2.53. The number of aliphatic hydroxyl groups is 1. The number of thiophene rings is 1. The van der Waals surface area contributed by atoms with Gasteiger partial charge in [-0.3, -0.25) is 0 Å². The number of nitrogens with one attached hydrogen (secondary N) is 1. The van der Waals surface area contributed by atoms with Gasteiger partial charge >= 0.3 is 0 Å². The molecule has 6 heteroatoms. The fraction of sp³-hybridized carbons (Fsp3) is 0.500. The van der Waals surface area contributed by atoms with Crippen LogP contribution in [-0.4, -0.2) is 27.2 Å². The number of hydrogen-bond donors (Lipinski definition) is 3. The summed E-state index contributed by atoms with van der Waals surface area (Å²) >= 11 is 1.53. The average molecular weight is 266 g/mol. The monoisotopic (exact) mass is 266 g/mol. The molecule has 0 unspecified atom stereocenters. The van der Waals surface area contributed by atoms with Gasteiger partial charge < -0.3 is 16.2 Å². The first-order valence-corrected chi connectivity index (χ1v) is 6.93. The summed E-state index contributed by atoms with van der Waals surface area (Å²) in [4.78, 5) is 9.22. The van der Waals surface area contributed by atoms with Crippen LogP contribution < -0.4 is 11.1 Å². The lowest BCUT2D eigenvalue weighted by Gasteiger charge is -2.25. The van der Waals surface area contributed by atoms with Crippen LogP contribution >= 0.6 is 11.3 Å². The van der Waals surface area contributed by atoms with Crippen molar-refractivity contribution in [2.45, 2.75) is 32.3 Å². The quantitative estimate of drug-likeness (QED) is 0.773. The Labute approximate surface area is 110 Å². The van der Waals surface area contributed by atoms with Crippen LogP contribution in [0.4, 0.5) is 11.8 Å². The maximum Gasteiger partial charge on any atom is 0.223 e. The van der Waals surface area contributed by atoms with Crippen molar-refractivity contribution in [3.63, 3.8) is 0 Å². The zero-order valence-corrected chi connectivity index (χ0v) is 11.4. The van der Waals surface area contributed by atoms with Gasteiger partial charge in [-0.25, -0.2) is 4.98 Å². The second kappa shape index (κ2) is 5.07. The molecule has 2 aromatic heterocycles. The van der Waals surface area contributed by atoms with Gasteiger partial charge in [0, 0.05) is 6.54 Å². The molecule has 98 valence electrons. The minimum absolute atomic E-state index is 0.254. The molecule has 0 aliphatic heterocycles. The number of rotatable bonds is 5. The summed E-state index contributed by atoms with van der Waals surface area (Å²) in [6.45, 7) is 4.40. The Morgan fingerprint density at radius 3 is 2.78 bits per heavy atom. The van der Waals surface area contributed by atoms with Gasteiger partial charge in [-0.15, -0.1) is 11.3 Å². The molecular weight excluding hydrogens is 248 g/mol. The lowest BCUT2D eigenvalue weighted by atomic mass is 9.98. The lowest BCUT2D eigenvalue weighted by molar-refractivity contribution is 0.0456. The molecular formula is C12H18N4OS. The molecule has 4 N–H and O–H groups in total. The first-order valence-electron chi connectivity index (χ1n) is 6.05. The normalized spacial score (nSPS) is 11.9. The molecule has 0 aromatic carbocycles. The second-order valence-corrected chi connectivity index (χ2v) is 5.25. The number of hydrogen-bond acceptors (Lipinski definition) is 6. The van der Waals surface area contributed by atoms with Gasteiger partial charge in [-0.2, -0.15) is 4.98 Å². The summed E-state index contributed by atoms with van der Waals surface area (Å²) in [6, 6.07) is 1.96. The van der Waals surface area contributed by atoms with Crippen molar-refractivity contribution in [1.29, 1.82) is 0 Å². The van der Waals surface area contributed by atoms with Gasteiger partial charge in [0.2, 0.25) is 5.95 Å². The molecule has 0 saturated heterocycles. The molecule has 0 bridgehead atoms. The van der Waals surface area contributed by atoms with E-state index in [-0.39, 0.29) is 5.95 Å². The Hall–Kier alpha value is -1.40. The van der Waals surface area contributed by atoms with E-state index in [1.807, 2.05) is 25.3 Å². The van der Waals surface area contributed by atoms with Crippen molar-refractivity contribution in [2.75, 3.05) is 17.6 Å². The predicted molar refractivity (Wildman–Crippen MR) is 75.8 cm³/mol. The predicted octanol–water partition coefficient (Wildman–Crippen LogP) is 2.24. The van der Waals surface area contributed by atoms with Gasteiger partial charge in [0.05, 0.1) is 11.0 Å². The molecule has 0 saturated carbocycles. The van der Waals surface area contributed by atoms with Crippen molar-refractivity contribution in [2.24, 2.45) is 0 Å². The first-order chi connectivity index (χ1) is 8.58. The highest BCUT2D eigenvalue weighted by Gasteiger charge is 2.22. The summed E-state index contributed by atoms with van der Waals surface area (Å²) < 4.78 is 0. The molecule has 0 amide bonds. The largest absolute Gasteiger partial charge is 0.388 e. The molecule has 0 aliphatic carbocycles. The van der Waals surface area contributed by atoms with E-state index in [0.717, 1.165) is 10.2 Å². The Morgan fingerprint density at radius 2 is 2.11 bits per heavy atom. The second-order valence-electron chi connectivity index (χ2n) is 4.35. The van der Waals surface area contributed by atoms with Gasteiger partial charge in [0.1, 0.15) is 10.6 Å². The van der Waals surface area contributed by atoms with Crippen molar-refractivity contribution in [3.05, 3.63) is 11.4 Å². The van der Waals surface area contributed by atoms with Crippen LogP contribution in [0.3, 0.4) is 0 Å². The summed E-state index contributed by atoms with van der Waals surface area (Å²) in [5.41, 5.74) is 4.96. The standard InChI is InChI=1S/C12H18N4OS/c1-3-12(17,4-2)7-14-9-8-5-6-18-10(8)16-11(13)15-9/h5-6,17H,3-4,7H2,1-2H3,(H3,13,14,15,16). The Kier molecular flexibility index (Phi) is 3.68. The fourth-order valence-electron chi connectivity index (χ4n) is 1.75. The summed E-state index contributed by atoms with van der Waals surface area (Å²) in [6.07, 6.45) is 1.40. The van der Waals surface area contributed by atoms with E-state index in [1.165, 1.54) is 11.3 Å². The highest BCUT2D eigenvalue weighted by molar-refractivity contribution is 7.16. The molecule has 0 radical (unpaired) electrons. The van der Waals surface area contributed by atoms with Crippen LogP contribution in [0.5, 0.6) is 0 Å². The number of nitrogen functional groups attached to an aromatic ring is 1. The van der Waals surface area contributed by atoms with Crippen molar-refractivity contribution in [3.8, 4) is 0 Å². The van der Waals surface area contributed by atoms with E-state index in [0.29, 0.717) is 25.2 Å².